The zero-order chi connectivity index (χ0) is 18.8. The molecule has 3 aromatic heterocycles. The van der Waals surface area contributed by atoms with Crippen LogP contribution in [0.5, 0.6) is 0 Å². The van der Waals surface area contributed by atoms with E-state index in [1.165, 1.54) is 10.4 Å². The van der Waals surface area contributed by atoms with Crippen LogP contribution in [0.2, 0.25) is 0 Å². The number of rotatable bonds is 7. The number of thiophene rings is 1. The highest BCUT2D eigenvalue weighted by molar-refractivity contribution is 7.99. The van der Waals surface area contributed by atoms with Crippen molar-refractivity contribution in [2.24, 2.45) is 5.92 Å². The number of aryl methyl sites for hydroxylation is 1. The average molecular weight is 405 g/mol. The maximum absolute atomic E-state index is 13.4. The second kappa shape index (κ2) is 8.20. The van der Waals surface area contributed by atoms with Crippen molar-refractivity contribution in [1.82, 2.24) is 9.55 Å². The molecular weight excluding hydrogens is 380 g/mol. The quantitative estimate of drug-likeness (QED) is 0.333. The zero-order valence-corrected chi connectivity index (χ0v) is 17.3. The molecule has 0 aliphatic heterocycles. The first-order valence-electron chi connectivity index (χ1n) is 9.45. The van der Waals surface area contributed by atoms with Crippen LogP contribution >= 0.6 is 23.1 Å². The molecule has 0 aromatic carbocycles. The Labute approximate surface area is 166 Å². The second-order valence-corrected chi connectivity index (χ2v) is 9.09. The van der Waals surface area contributed by atoms with Gasteiger partial charge >= 0.3 is 0 Å². The van der Waals surface area contributed by atoms with Gasteiger partial charge in [0.25, 0.3) is 5.56 Å². The van der Waals surface area contributed by atoms with E-state index in [2.05, 4.69) is 6.92 Å². The van der Waals surface area contributed by atoms with Gasteiger partial charge in [0.1, 0.15) is 10.6 Å². The predicted octanol–water partition coefficient (Wildman–Crippen LogP) is 4.35. The maximum atomic E-state index is 13.4. The number of fused-ring (bicyclic) bond motifs is 3. The molecule has 0 spiro atoms. The molecule has 0 unspecified atom stereocenters. The van der Waals surface area contributed by atoms with Crippen LogP contribution in [0.4, 0.5) is 0 Å². The van der Waals surface area contributed by atoms with Crippen LogP contribution in [0.1, 0.15) is 36.5 Å². The average Bonchev–Trinajstić information content (AvgIpc) is 3.28. The van der Waals surface area contributed by atoms with Crippen molar-refractivity contribution in [3.05, 3.63) is 45.0 Å². The van der Waals surface area contributed by atoms with E-state index < -0.39 is 0 Å². The summed E-state index contributed by atoms with van der Waals surface area (Å²) in [4.78, 5) is 20.5. The third-order valence-corrected chi connectivity index (χ3v) is 7.03. The van der Waals surface area contributed by atoms with Gasteiger partial charge in [0.2, 0.25) is 0 Å². The molecule has 0 amide bonds. The van der Waals surface area contributed by atoms with Crippen LogP contribution in [0.15, 0.2) is 32.8 Å². The molecular formula is C20H24N2O3S2. The number of hydrogen-bond donors (Lipinski definition) is 0. The summed E-state index contributed by atoms with van der Waals surface area (Å²) in [6.45, 7) is 6.02. The van der Waals surface area contributed by atoms with E-state index in [4.69, 9.17) is 14.1 Å². The summed E-state index contributed by atoms with van der Waals surface area (Å²) in [5, 5.41) is 1.57. The minimum Gasteiger partial charge on any atom is -0.467 e. The van der Waals surface area contributed by atoms with Crippen molar-refractivity contribution in [2.45, 2.75) is 44.8 Å². The molecule has 1 aliphatic carbocycles. The number of aromatic nitrogens is 2. The first-order valence-corrected chi connectivity index (χ1v) is 11.3. The van der Waals surface area contributed by atoms with E-state index in [9.17, 15) is 4.79 Å². The van der Waals surface area contributed by atoms with E-state index in [0.717, 1.165) is 46.1 Å². The van der Waals surface area contributed by atoms with Gasteiger partial charge in [-0.2, -0.15) is 0 Å². The topological polar surface area (TPSA) is 57.3 Å². The van der Waals surface area contributed by atoms with Crippen molar-refractivity contribution < 1.29 is 9.15 Å². The molecule has 4 rings (SSSR count). The van der Waals surface area contributed by atoms with Gasteiger partial charge in [0, 0.05) is 17.2 Å². The molecule has 3 heterocycles. The minimum atomic E-state index is 0.0577. The van der Waals surface area contributed by atoms with Gasteiger partial charge in [-0.1, -0.05) is 18.7 Å². The van der Waals surface area contributed by atoms with Crippen LogP contribution in [-0.4, -0.2) is 28.5 Å². The summed E-state index contributed by atoms with van der Waals surface area (Å²) in [7, 11) is 0. The largest absolute Gasteiger partial charge is 0.467 e. The minimum absolute atomic E-state index is 0.0577. The van der Waals surface area contributed by atoms with Gasteiger partial charge in [-0.3, -0.25) is 9.36 Å². The summed E-state index contributed by atoms with van der Waals surface area (Å²) >= 11 is 3.28. The highest BCUT2D eigenvalue weighted by Gasteiger charge is 2.25. The molecule has 144 valence electrons. The van der Waals surface area contributed by atoms with Gasteiger partial charge in [0.05, 0.1) is 24.8 Å². The highest BCUT2D eigenvalue weighted by Crippen LogP contribution is 2.36. The fourth-order valence-corrected chi connectivity index (χ4v) is 5.82. The molecule has 0 bridgehead atoms. The lowest BCUT2D eigenvalue weighted by Crippen LogP contribution is -2.24. The fourth-order valence-electron chi connectivity index (χ4n) is 3.55. The number of nitrogens with zero attached hydrogens (tertiary/aromatic N) is 2. The summed E-state index contributed by atoms with van der Waals surface area (Å²) < 4.78 is 12.7. The summed E-state index contributed by atoms with van der Waals surface area (Å²) in [5.74, 6) is 2.21. The predicted molar refractivity (Wildman–Crippen MR) is 110 cm³/mol. The summed E-state index contributed by atoms with van der Waals surface area (Å²) in [6.07, 6.45) is 4.81. The van der Waals surface area contributed by atoms with E-state index in [0.29, 0.717) is 25.7 Å². The van der Waals surface area contributed by atoms with E-state index in [-0.39, 0.29) is 5.56 Å². The lowest BCUT2D eigenvalue weighted by molar-refractivity contribution is 0.164. The molecule has 5 nitrogen and oxygen atoms in total. The van der Waals surface area contributed by atoms with Crippen LogP contribution in [0.25, 0.3) is 10.2 Å². The first-order chi connectivity index (χ1) is 13.2. The van der Waals surface area contributed by atoms with Gasteiger partial charge in [-0.25, -0.2) is 4.98 Å². The third kappa shape index (κ3) is 3.86. The molecule has 3 aromatic rings. The van der Waals surface area contributed by atoms with Gasteiger partial charge in [0.15, 0.2) is 5.16 Å². The van der Waals surface area contributed by atoms with Gasteiger partial charge < -0.3 is 9.15 Å². The molecule has 0 radical (unpaired) electrons. The smallest absolute Gasteiger partial charge is 0.263 e. The number of thioether (sulfide) groups is 1. The van der Waals surface area contributed by atoms with Crippen LogP contribution < -0.4 is 5.56 Å². The first kappa shape index (κ1) is 18.8. The maximum Gasteiger partial charge on any atom is 0.263 e. The molecule has 0 saturated heterocycles. The van der Waals surface area contributed by atoms with Crippen molar-refractivity contribution in [3.8, 4) is 0 Å². The summed E-state index contributed by atoms with van der Waals surface area (Å²) in [6, 6.07) is 3.75. The number of hydrogen-bond acceptors (Lipinski definition) is 6. The highest BCUT2D eigenvalue weighted by atomic mass is 32.2. The fraction of sp³-hybridized carbons (Fsp3) is 0.500. The lowest BCUT2D eigenvalue weighted by atomic mass is 9.89. The lowest BCUT2D eigenvalue weighted by Gasteiger charge is -2.17. The van der Waals surface area contributed by atoms with Crippen molar-refractivity contribution in [2.75, 3.05) is 19.0 Å². The van der Waals surface area contributed by atoms with Gasteiger partial charge in [-0.05, 0) is 49.8 Å². The van der Waals surface area contributed by atoms with Crippen molar-refractivity contribution in [3.63, 3.8) is 0 Å². The van der Waals surface area contributed by atoms with Crippen molar-refractivity contribution >= 4 is 33.3 Å². The van der Waals surface area contributed by atoms with Crippen molar-refractivity contribution in [1.29, 1.82) is 0 Å². The Balaban J connectivity index is 1.77. The van der Waals surface area contributed by atoms with Crippen LogP contribution in [0, 0.1) is 5.92 Å². The van der Waals surface area contributed by atoms with E-state index >= 15 is 0 Å². The standard InChI is InChI=1S/C20H24N2O3S2/c1-3-24-9-10-26-20-21-18-17(15-7-6-13(2)11-16(15)27-18)19(23)22(20)12-14-5-4-8-25-14/h4-5,8,13H,3,6-7,9-12H2,1-2H3/t13-/m1/s1. The molecule has 1 aliphatic rings. The molecule has 0 N–H and O–H groups in total. The van der Waals surface area contributed by atoms with Crippen LogP contribution in [0.3, 0.4) is 0 Å². The molecule has 0 fully saturated rings. The third-order valence-electron chi connectivity index (χ3n) is 4.94. The Morgan fingerprint density at radius 3 is 3.15 bits per heavy atom. The number of furan rings is 1. The van der Waals surface area contributed by atoms with Crippen LogP contribution in [-0.2, 0) is 24.1 Å². The zero-order valence-electron chi connectivity index (χ0n) is 15.7. The van der Waals surface area contributed by atoms with E-state index in [1.54, 1.807) is 33.9 Å². The Bertz CT molecular complexity index is 975. The Hall–Kier alpha value is -1.57. The van der Waals surface area contributed by atoms with Gasteiger partial charge in [-0.15, -0.1) is 11.3 Å². The second-order valence-electron chi connectivity index (χ2n) is 6.94. The number of ether oxygens (including phenoxy) is 1. The molecule has 0 saturated carbocycles. The normalized spacial score (nSPS) is 16.7. The molecule has 7 heteroatoms. The summed E-state index contributed by atoms with van der Waals surface area (Å²) in [5.41, 5.74) is 1.28. The molecule has 27 heavy (non-hydrogen) atoms. The Morgan fingerprint density at radius 2 is 2.37 bits per heavy atom. The molecule has 1 atom stereocenters. The Kier molecular flexibility index (Phi) is 5.71. The monoisotopic (exact) mass is 404 g/mol. The SMILES string of the molecule is CCOCCSc1nc2sc3c(c2c(=O)n1Cc1ccco1)CC[C@@H](C)C3. The Morgan fingerprint density at radius 1 is 1.48 bits per heavy atom. The van der Waals surface area contributed by atoms with E-state index in [1.807, 2.05) is 19.1 Å².